The van der Waals surface area contributed by atoms with E-state index in [2.05, 4.69) is 10.3 Å². The van der Waals surface area contributed by atoms with Crippen LogP contribution in [0.3, 0.4) is 0 Å². The average Bonchev–Trinajstić information content (AvgIpc) is 2.96. The number of fused-ring (bicyclic) bond motifs is 1. The van der Waals surface area contributed by atoms with Gasteiger partial charge < -0.3 is 14.5 Å². The van der Waals surface area contributed by atoms with Crippen LogP contribution in [-0.2, 0) is 14.8 Å². The summed E-state index contributed by atoms with van der Waals surface area (Å²) < 4.78 is 33.2. The zero-order chi connectivity index (χ0) is 18.0. The summed E-state index contributed by atoms with van der Waals surface area (Å²) in [6.07, 6.45) is 0. The zero-order valence-corrected chi connectivity index (χ0v) is 14.0. The number of benzene rings is 2. The van der Waals surface area contributed by atoms with Gasteiger partial charge in [0, 0.05) is 5.69 Å². The van der Waals surface area contributed by atoms with Gasteiger partial charge in [0.1, 0.15) is 5.52 Å². The molecule has 0 aliphatic carbocycles. The standard InChI is InChI=1S/C16H15N3O5S/c1-2-23-15(20)10-3-5-11(6-4-10)18-16-19-13-9-12(25(17,21)22)7-8-14(13)24-16/h3-9H,2H2,1H3,(H,18,19)(H2,17,21,22). The third kappa shape index (κ3) is 3.78. The van der Waals surface area contributed by atoms with Crippen LogP contribution in [0.25, 0.3) is 11.1 Å². The Morgan fingerprint density at radius 1 is 1.24 bits per heavy atom. The van der Waals surface area contributed by atoms with Crippen molar-refractivity contribution in [3.63, 3.8) is 0 Å². The molecule has 3 aromatic rings. The van der Waals surface area contributed by atoms with Gasteiger partial charge in [-0.2, -0.15) is 4.98 Å². The Kier molecular flexibility index (Phi) is 4.43. The summed E-state index contributed by atoms with van der Waals surface area (Å²) in [4.78, 5) is 15.7. The smallest absolute Gasteiger partial charge is 0.338 e. The first kappa shape index (κ1) is 16.9. The van der Waals surface area contributed by atoms with Gasteiger partial charge in [0.2, 0.25) is 10.0 Å². The highest BCUT2D eigenvalue weighted by Crippen LogP contribution is 2.24. The largest absolute Gasteiger partial charge is 0.462 e. The molecular formula is C16H15N3O5S. The highest BCUT2D eigenvalue weighted by Gasteiger charge is 2.13. The molecule has 0 unspecified atom stereocenters. The predicted octanol–water partition coefficient (Wildman–Crippen LogP) is 2.40. The number of esters is 1. The minimum Gasteiger partial charge on any atom is -0.462 e. The van der Waals surface area contributed by atoms with Crippen molar-refractivity contribution in [3.05, 3.63) is 48.0 Å². The van der Waals surface area contributed by atoms with Crippen LogP contribution in [0.5, 0.6) is 0 Å². The molecule has 9 heteroatoms. The van der Waals surface area contributed by atoms with E-state index in [0.717, 1.165) is 0 Å². The van der Waals surface area contributed by atoms with Crippen molar-refractivity contribution in [2.24, 2.45) is 5.14 Å². The van der Waals surface area contributed by atoms with Gasteiger partial charge in [0.25, 0.3) is 6.01 Å². The van der Waals surface area contributed by atoms with Crippen LogP contribution in [0.1, 0.15) is 17.3 Å². The molecule has 0 saturated heterocycles. The highest BCUT2D eigenvalue weighted by atomic mass is 32.2. The second-order valence-electron chi connectivity index (χ2n) is 5.12. The fraction of sp³-hybridized carbons (Fsp3) is 0.125. The summed E-state index contributed by atoms with van der Waals surface area (Å²) in [6, 6.07) is 10.9. The van der Waals surface area contributed by atoms with Crippen molar-refractivity contribution in [1.29, 1.82) is 0 Å². The number of primary sulfonamides is 1. The van der Waals surface area contributed by atoms with E-state index in [0.29, 0.717) is 29.0 Å². The molecule has 1 aromatic heterocycles. The second-order valence-corrected chi connectivity index (χ2v) is 6.68. The van der Waals surface area contributed by atoms with E-state index in [9.17, 15) is 13.2 Å². The number of ether oxygens (including phenoxy) is 1. The summed E-state index contributed by atoms with van der Waals surface area (Å²) in [7, 11) is -3.81. The molecule has 25 heavy (non-hydrogen) atoms. The molecule has 0 spiro atoms. The number of carbonyl (C=O) groups excluding carboxylic acids is 1. The third-order valence-corrected chi connectivity index (χ3v) is 4.25. The monoisotopic (exact) mass is 361 g/mol. The summed E-state index contributed by atoms with van der Waals surface area (Å²) in [5.74, 6) is -0.397. The molecule has 1 heterocycles. The summed E-state index contributed by atoms with van der Waals surface area (Å²) in [5.41, 5.74) is 1.85. The molecule has 8 nitrogen and oxygen atoms in total. The van der Waals surface area contributed by atoms with Gasteiger partial charge in [-0.25, -0.2) is 18.4 Å². The maximum Gasteiger partial charge on any atom is 0.338 e. The molecule has 0 atom stereocenters. The van der Waals surface area contributed by atoms with Gasteiger partial charge >= 0.3 is 5.97 Å². The first-order valence-corrected chi connectivity index (χ1v) is 8.89. The van der Waals surface area contributed by atoms with Gasteiger partial charge in [-0.3, -0.25) is 0 Å². The lowest BCUT2D eigenvalue weighted by Crippen LogP contribution is -2.11. The van der Waals surface area contributed by atoms with Crippen LogP contribution in [0, 0.1) is 0 Å². The number of hydrogen-bond donors (Lipinski definition) is 2. The summed E-state index contributed by atoms with van der Waals surface area (Å²) in [5, 5.41) is 8.04. The molecule has 0 fully saturated rings. The molecule has 0 aliphatic rings. The van der Waals surface area contributed by atoms with E-state index in [1.165, 1.54) is 18.2 Å². The number of nitrogens with one attached hydrogen (secondary N) is 1. The van der Waals surface area contributed by atoms with Crippen molar-refractivity contribution in [1.82, 2.24) is 4.98 Å². The number of nitrogens with two attached hydrogens (primary N) is 1. The summed E-state index contributed by atoms with van der Waals surface area (Å²) in [6.45, 7) is 2.05. The van der Waals surface area contributed by atoms with Crippen LogP contribution < -0.4 is 10.5 Å². The molecular weight excluding hydrogens is 346 g/mol. The molecule has 2 aromatic carbocycles. The van der Waals surface area contributed by atoms with E-state index in [4.69, 9.17) is 14.3 Å². The number of aromatic nitrogens is 1. The van der Waals surface area contributed by atoms with Crippen molar-refractivity contribution in [3.8, 4) is 0 Å². The molecule has 0 amide bonds. The van der Waals surface area contributed by atoms with Crippen LogP contribution in [-0.4, -0.2) is 26.0 Å². The lowest BCUT2D eigenvalue weighted by Gasteiger charge is -2.04. The number of oxazole rings is 1. The van der Waals surface area contributed by atoms with Crippen LogP contribution >= 0.6 is 0 Å². The molecule has 0 bridgehead atoms. The van der Waals surface area contributed by atoms with Crippen molar-refractivity contribution in [2.45, 2.75) is 11.8 Å². The number of rotatable bonds is 5. The maximum absolute atomic E-state index is 11.6. The Hall–Kier alpha value is -2.91. The third-order valence-electron chi connectivity index (χ3n) is 3.33. The molecule has 3 rings (SSSR count). The number of nitrogens with zero attached hydrogens (tertiary/aromatic N) is 1. The lowest BCUT2D eigenvalue weighted by atomic mass is 10.2. The molecule has 0 radical (unpaired) electrons. The van der Waals surface area contributed by atoms with Gasteiger partial charge in [-0.1, -0.05) is 0 Å². The molecule has 0 aliphatic heterocycles. The van der Waals surface area contributed by atoms with Crippen molar-refractivity contribution in [2.75, 3.05) is 11.9 Å². The lowest BCUT2D eigenvalue weighted by molar-refractivity contribution is 0.0526. The number of sulfonamides is 1. The van der Waals surface area contributed by atoms with E-state index in [-0.39, 0.29) is 10.9 Å². The highest BCUT2D eigenvalue weighted by molar-refractivity contribution is 7.89. The Labute approximate surface area is 143 Å². The van der Waals surface area contributed by atoms with E-state index in [1.807, 2.05) is 0 Å². The van der Waals surface area contributed by atoms with Gasteiger partial charge in [-0.05, 0) is 49.4 Å². The second kappa shape index (κ2) is 6.54. The SMILES string of the molecule is CCOC(=O)c1ccc(Nc2nc3cc(S(N)(=O)=O)ccc3o2)cc1. The van der Waals surface area contributed by atoms with Crippen molar-refractivity contribution >= 4 is 38.8 Å². The minimum atomic E-state index is -3.81. The Bertz CT molecular complexity index is 1030. The normalized spacial score (nSPS) is 11.4. The van der Waals surface area contributed by atoms with Gasteiger partial charge in [0.05, 0.1) is 17.1 Å². The predicted molar refractivity (Wildman–Crippen MR) is 91.1 cm³/mol. The van der Waals surface area contributed by atoms with E-state index >= 15 is 0 Å². The first-order chi connectivity index (χ1) is 11.9. The van der Waals surface area contributed by atoms with Crippen molar-refractivity contribution < 1.29 is 22.4 Å². The Morgan fingerprint density at radius 2 is 1.96 bits per heavy atom. The quantitative estimate of drug-likeness (QED) is 0.668. The Morgan fingerprint density at radius 3 is 2.60 bits per heavy atom. The van der Waals surface area contributed by atoms with Gasteiger partial charge in [-0.15, -0.1) is 0 Å². The molecule has 130 valence electrons. The number of hydrogen-bond acceptors (Lipinski definition) is 7. The van der Waals surface area contributed by atoms with E-state index < -0.39 is 16.0 Å². The van der Waals surface area contributed by atoms with Crippen LogP contribution in [0.4, 0.5) is 11.7 Å². The van der Waals surface area contributed by atoms with Crippen LogP contribution in [0.15, 0.2) is 51.8 Å². The fourth-order valence-electron chi connectivity index (χ4n) is 2.17. The van der Waals surface area contributed by atoms with Gasteiger partial charge in [0.15, 0.2) is 5.58 Å². The maximum atomic E-state index is 11.6. The van der Waals surface area contributed by atoms with Crippen LogP contribution in [0.2, 0.25) is 0 Å². The number of carbonyl (C=O) groups is 1. The van der Waals surface area contributed by atoms with E-state index in [1.54, 1.807) is 31.2 Å². The molecule has 3 N–H and O–H groups in total. The minimum absolute atomic E-state index is 0.0429. The zero-order valence-electron chi connectivity index (χ0n) is 13.2. The molecule has 0 saturated carbocycles. The number of anilines is 2. The summed E-state index contributed by atoms with van der Waals surface area (Å²) >= 11 is 0. The Balaban J connectivity index is 1.82. The fourth-order valence-corrected chi connectivity index (χ4v) is 2.70. The first-order valence-electron chi connectivity index (χ1n) is 7.34. The average molecular weight is 361 g/mol. The topological polar surface area (TPSA) is 125 Å².